The fraction of sp³-hybridized carbons (Fsp3) is 0.683. The number of rotatable bonds is 42. The van der Waals surface area contributed by atoms with Gasteiger partial charge in [0.1, 0.15) is 23.1 Å². The van der Waals surface area contributed by atoms with Crippen LogP contribution in [0.1, 0.15) is 165 Å². The summed E-state index contributed by atoms with van der Waals surface area (Å²) < 4.78 is 16.0. The number of likely N-dealkylation sites (N-methyl/N-ethyl adjacent to an activating group) is 1. The van der Waals surface area contributed by atoms with Crippen molar-refractivity contribution in [1.82, 2.24) is 35.6 Å². The number of esters is 1. The molecule has 1 aliphatic heterocycles. The Labute approximate surface area is 528 Å². The highest BCUT2D eigenvalue weighted by Crippen LogP contribution is 2.34. The first-order valence-electron chi connectivity index (χ1n) is 30.5. The molecule has 0 bridgehead atoms. The van der Waals surface area contributed by atoms with Gasteiger partial charge in [-0.1, -0.05) is 59.6 Å². The van der Waals surface area contributed by atoms with Gasteiger partial charge in [-0.05, 0) is 102 Å². The van der Waals surface area contributed by atoms with E-state index in [9.17, 15) is 57.8 Å². The highest BCUT2D eigenvalue weighted by Gasteiger charge is 2.40. The third kappa shape index (κ3) is 24.7. The number of carbonyl (C=O) groups excluding carboxylic acids is 10. The summed E-state index contributed by atoms with van der Waals surface area (Å²) in [5.74, 6) is -6.89. The summed E-state index contributed by atoms with van der Waals surface area (Å²) in [7, 11) is 6.89. The van der Waals surface area contributed by atoms with Crippen LogP contribution in [0.3, 0.4) is 0 Å². The lowest BCUT2D eigenvalue weighted by Gasteiger charge is -2.38. The van der Waals surface area contributed by atoms with Gasteiger partial charge in [-0.25, -0.2) is 4.98 Å². The van der Waals surface area contributed by atoms with Gasteiger partial charge in [0.05, 0.1) is 29.9 Å². The maximum absolute atomic E-state index is 14.4. The van der Waals surface area contributed by atoms with Crippen molar-refractivity contribution in [3.05, 3.63) is 45.4 Å². The molecule has 8 atom stereocenters. The second-order valence-corrected chi connectivity index (χ2v) is 26.0. The second-order valence-electron chi connectivity index (χ2n) is 24.1. The summed E-state index contributed by atoms with van der Waals surface area (Å²) in [6.45, 7) is 17.0. The molecule has 4 unspecified atom stereocenters. The third-order valence-electron chi connectivity index (χ3n) is 16.5. The number of hydrogen-bond acceptors (Lipinski definition) is 18. The first-order chi connectivity index (χ1) is 41.4. The zero-order chi connectivity index (χ0) is 66.0. The number of thioether (sulfide) groups is 1. The molecule has 0 spiro atoms. The van der Waals surface area contributed by atoms with Crippen molar-refractivity contribution in [2.75, 3.05) is 79.3 Å². The number of carbonyl (C=O) groups is 11. The Morgan fingerprint density at radius 3 is 2.23 bits per heavy atom. The Morgan fingerprint density at radius 1 is 0.920 bits per heavy atom. The molecule has 2 heterocycles. The number of anilines is 1. The molecule has 0 radical (unpaired) electrons. The number of methoxy groups -OCH3 is 1. The molecule has 492 valence electrons. The van der Waals surface area contributed by atoms with Crippen LogP contribution < -0.4 is 21.3 Å². The first-order valence-corrected chi connectivity index (χ1v) is 32.6. The predicted octanol–water partition coefficient (Wildman–Crippen LogP) is 6.58. The molecule has 88 heavy (non-hydrogen) atoms. The van der Waals surface area contributed by atoms with E-state index in [0.717, 1.165) is 21.8 Å². The van der Waals surface area contributed by atoms with E-state index in [-0.39, 0.29) is 149 Å². The topological polar surface area (TPSA) is 306 Å². The number of likely N-dealkylation sites (tertiary alicyclic amines) is 1. The fourth-order valence-corrected chi connectivity index (χ4v) is 11.6. The molecule has 1 fully saturated rings. The van der Waals surface area contributed by atoms with Crippen LogP contribution >= 0.6 is 23.1 Å². The summed E-state index contributed by atoms with van der Waals surface area (Å²) >= 11 is 2.39. The van der Waals surface area contributed by atoms with Gasteiger partial charge >= 0.3 is 11.9 Å². The maximum atomic E-state index is 14.4. The molecular formula is C63H98N8O15S2. The molecule has 2 aromatic rings. The van der Waals surface area contributed by atoms with E-state index >= 15 is 0 Å². The Bertz CT molecular complexity index is 2700. The predicted molar refractivity (Wildman–Crippen MR) is 337 cm³/mol. The number of ether oxygens (including phenoxy) is 3. The number of amides is 7. The summed E-state index contributed by atoms with van der Waals surface area (Å²) in [6.07, 6.45) is 3.37. The Balaban J connectivity index is 1.71. The van der Waals surface area contributed by atoms with Crippen LogP contribution in [0.25, 0.3) is 0 Å². The average molecular weight is 1270 g/mol. The second kappa shape index (κ2) is 37.8. The zero-order valence-electron chi connectivity index (χ0n) is 54.2. The Morgan fingerprint density at radius 2 is 1.61 bits per heavy atom. The number of nitrogens with one attached hydrogen (secondary N) is 4. The summed E-state index contributed by atoms with van der Waals surface area (Å²) in [6, 6.07) is 4.19. The molecule has 0 aliphatic carbocycles. The average Bonchev–Trinajstić information content (AvgIpc) is 4.08. The normalized spacial score (nSPS) is 15.9. The van der Waals surface area contributed by atoms with E-state index < -0.39 is 64.6 Å². The molecule has 3 rings (SSSR count). The van der Waals surface area contributed by atoms with E-state index in [2.05, 4.69) is 26.3 Å². The number of nitrogens with zero attached hydrogens (tertiary/aromatic N) is 4. The van der Waals surface area contributed by atoms with Crippen LogP contribution in [0, 0.1) is 36.5 Å². The molecule has 0 saturated carbocycles. The number of aromatic nitrogens is 1. The fourth-order valence-electron chi connectivity index (χ4n) is 10.1. The zero-order valence-corrected chi connectivity index (χ0v) is 55.8. The molecule has 5 N–H and O–H groups in total. The molecule has 23 nitrogen and oxygen atoms in total. The Hall–Kier alpha value is -6.15. The van der Waals surface area contributed by atoms with Crippen molar-refractivity contribution < 1.29 is 72.1 Å². The third-order valence-corrected chi connectivity index (χ3v) is 18.4. The number of aliphatic carboxylic acids is 1. The minimum absolute atomic E-state index is 0.0140. The number of Topliss-reactive ketones (excluding diaryl/α,β-unsaturated/α-hetero) is 2. The smallest absolute Gasteiger partial charge is 0.306 e. The van der Waals surface area contributed by atoms with Gasteiger partial charge in [0.25, 0.3) is 5.91 Å². The number of imide groups is 1. The Kier molecular flexibility index (Phi) is 32.6. The molecule has 25 heteroatoms. The van der Waals surface area contributed by atoms with Crippen molar-refractivity contribution in [1.29, 1.82) is 0 Å². The summed E-state index contributed by atoms with van der Waals surface area (Å²) in [5, 5.41) is 22.8. The standard InChI is InChI=1S/C63H98N8O15S2/c1-15-39(4)47(33-53(74)63(8,9)69(10)11)60(80)70(12)50(38(2)3)34-51(86-42(7)72)59-68-49(37-88-59)58(79)66-45(29-41(6)62(82)83)30-43-22-21-40(5)48(31-43)67-54(75)20-18-25-65-57(78)44(19-16-17-24-64-55(76)36-85-28-27-84-13)32-46(73)23-26-71-56(77)35-52(87-14)61(71)81/h21-22,31,37-39,41,44-45,47,50-52H,15-20,23-30,32-36H2,1-14H3,(H,64,76)(H,65,78)(H,66,79)(H,67,75)(H,82,83)/t39?,41?,44?,45-,47+,50-,51-,52?/m1/s1. The van der Waals surface area contributed by atoms with Crippen molar-refractivity contribution in [2.45, 2.75) is 175 Å². The van der Waals surface area contributed by atoms with Crippen molar-refractivity contribution in [3.63, 3.8) is 0 Å². The number of carboxylic acid groups (broad SMARTS) is 1. The number of thiazole rings is 1. The minimum Gasteiger partial charge on any atom is -0.481 e. The highest BCUT2D eigenvalue weighted by atomic mass is 32.2. The number of benzene rings is 1. The van der Waals surface area contributed by atoms with Crippen LogP contribution in [0.2, 0.25) is 0 Å². The maximum Gasteiger partial charge on any atom is 0.306 e. The van der Waals surface area contributed by atoms with Gasteiger partial charge < -0.3 is 45.5 Å². The number of hydrogen-bond donors (Lipinski definition) is 5. The quantitative estimate of drug-likeness (QED) is 0.0266. The van der Waals surface area contributed by atoms with Crippen LogP contribution in [0.4, 0.5) is 5.69 Å². The summed E-state index contributed by atoms with van der Waals surface area (Å²) in [5.41, 5.74) is 1.13. The van der Waals surface area contributed by atoms with Crippen molar-refractivity contribution in [3.8, 4) is 0 Å². The lowest BCUT2D eigenvalue weighted by Crippen LogP contribution is -2.50. The van der Waals surface area contributed by atoms with E-state index in [1.807, 2.05) is 73.5 Å². The van der Waals surface area contributed by atoms with Gasteiger partial charge in [0.2, 0.25) is 35.4 Å². The molecule has 1 aliphatic rings. The van der Waals surface area contributed by atoms with E-state index in [0.29, 0.717) is 55.1 Å². The van der Waals surface area contributed by atoms with Crippen LogP contribution in [0.5, 0.6) is 0 Å². The van der Waals surface area contributed by atoms with Crippen LogP contribution in [0.15, 0.2) is 23.6 Å². The monoisotopic (exact) mass is 1270 g/mol. The van der Waals surface area contributed by atoms with Gasteiger partial charge in [-0.2, -0.15) is 11.8 Å². The first kappa shape index (κ1) is 76.1. The molecule has 1 aromatic heterocycles. The van der Waals surface area contributed by atoms with Gasteiger partial charge in [-0.15, -0.1) is 11.3 Å². The molecule has 1 aromatic carbocycles. The number of carboxylic acids is 1. The lowest BCUT2D eigenvalue weighted by molar-refractivity contribution is -0.150. The highest BCUT2D eigenvalue weighted by molar-refractivity contribution is 8.00. The van der Waals surface area contributed by atoms with E-state index in [1.54, 1.807) is 30.3 Å². The number of unbranched alkanes of at least 4 members (excludes halogenated alkanes) is 1. The number of ketones is 2. The minimum atomic E-state index is -1.06. The van der Waals surface area contributed by atoms with Crippen molar-refractivity contribution in [2.24, 2.45) is 29.6 Å². The SMILES string of the molecule is CCC(C)[C@H](CC(=O)C(C)(C)N(C)C)C(=O)N(C)[C@H](C[C@@H](OC(C)=O)c1nc(C(=O)N[C@@H](Cc2ccc(C)c(NC(=O)CCCNC(=O)C(CCCCNC(=O)COCCOC)CC(=O)CCN3C(=O)CC(SC)C3=O)c2)CC(C)C(=O)O)cs1)C(C)C. The largest absolute Gasteiger partial charge is 0.481 e. The molecule has 1 saturated heterocycles. The van der Waals surface area contributed by atoms with E-state index in [1.165, 1.54) is 38.1 Å². The van der Waals surface area contributed by atoms with Crippen LogP contribution in [-0.2, 0) is 68.6 Å². The number of aryl methyl sites for hydroxylation is 1. The molecular weight excluding hydrogens is 1170 g/mol. The molecule has 7 amide bonds. The van der Waals surface area contributed by atoms with Gasteiger partial charge in [0, 0.05) is 114 Å². The van der Waals surface area contributed by atoms with E-state index in [4.69, 9.17) is 14.2 Å². The van der Waals surface area contributed by atoms with Gasteiger partial charge in [0.15, 0.2) is 11.9 Å². The summed E-state index contributed by atoms with van der Waals surface area (Å²) in [4.78, 5) is 154. The lowest BCUT2D eigenvalue weighted by atomic mass is 9.81. The van der Waals surface area contributed by atoms with Crippen LogP contribution in [-0.4, -0.2) is 186 Å². The van der Waals surface area contributed by atoms with Crippen molar-refractivity contribution >= 4 is 93.6 Å². The van der Waals surface area contributed by atoms with Gasteiger partial charge in [-0.3, -0.25) is 62.5 Å².